The Morgan fingerprint density at radius 2 is 2.11 bits per heavy atom. The number of hydrogen-bond acceptors (Lipinski definition) is 5. The first kappa shape index (κ1) is 18.6. The van der Waals surface area contributed by atoms with Crippen LogP contribution in [0.4, 0.5) is 0 Å². The molecule has 2 atom stereocenters. The van der Waals surface area contributed by atoms with Crippen LogP contribution in [0.15, 0.2) is 23.8 Å². The third-order valence-electron chi connectivity index (χ3n) is 5.82. The zero-order valence-electron chi connectivity index (χ0n) is 15.3. The van der Waals surface area contributed by atoms with E-state index in [4.69, 9.17) is 12.2 Å². The van der Waals surface area contributed by atoms with E-state index in [1.54, 1.807) is 10.6 Å². The number of nitrogens with zero attached hydrogens (tertiary/aromatic N) is 4. The van der Waals surface area contributed by atoms with Crippen LogP contribution in [0.3, 0.4) is 0 Å². The summed E-state index contributed by atoms with van der Waals surface area (Å²) in [5, 5.41) is 0. The monoisotopic (exact) mass is 404 g/mol. The van der Waals surface area contributed by atoms with Gasteiger partial charge in [-0.15, -0.1) is 6.58 Å². The number of aromatic nitrogens is 3. The van der Waals surface area contributed by atoms with Gasteiger partial charge in [0.2, 0.25) is 5.91 Å². The van der Waals surface area contributed by atoms with E-state index in [2.05, 4.69) is 11.6 Å². The maximum Gasteiger partial charge on any atom is 0.273 e. The molecule has 2 aromatic rings. The summed E-state index contributed by atoms with van der Waals surface area (Å²) in [6, 6.07) is 0.350. The molecule has 0 spiro atoms. The van der Waals surface area contributed by atoms with Gasteiger partial charge in [-0.1, -0.05) is 30.3 Å². The van der Waals surface area contributed by atoms with Gasteiger partial charge >= 0.3 is 0 Å². The Kier molecular flexibility index (Phi) is 5.27. The fraction of sp³-hybridized carbons (Fsp3) is 0.579. The molecule has 144 valence electrons. The van der Waals surface area contributed by atoms with Crippen molar-refractivity contribution in [1.82, 2.24) is 19.0 Å². The number of carbonyl (C=O) groups is 1. The standard InChI is InChI=1S/C19H24N4O2S2/c1-2-9-23-17-16(27-19(23)26)18(25)21(12-20-17)11-15(24)22-10-5-7-13-6-3-4-8-14(13)22/h2,12-14H,1,3-11H2. The van der Waals surface area contributed by atoms with E-state index >= 15 is 0 Å². The topological polar surface area (TPSA) is 60.1 Å². The summed E-state index contributed by atoms with van der Waals surface area (Å²) < 4.78 is 4.33. The lowest BCUT2D eigenvalue weighted by atomic mass is 9.78. The Balaban J connectivity index is 1.60. The molecule has 1 amide bonds. The van der Waals surface area contributed by atoms with E-state index in [1.807, 2.05) is 4.90 Å². The highest BCUT2D eigenvalue weighted by Crippen LogP contribution is 2.35. The van der Waals surface area contributed by atoms with Crippen LogP contribution in [0.2, 0.25) is 0 Å². The minimum absolute atomic E-state index is 0.0315. The maximum atomic E-state index is 13.0. The predicted molar refractivity (Wildman–Crippen MR) is 110 cm³/mol. The van der Waals surface area contributed by atoms with Crippen molar-refractivity contribution < 1.29 is 4.79 Å². The number of hydrogen-bond donors (Lipinski definition) is 0. The minimum Gasteiger partial charge on any atom is -0.338 e. The van der Waals surface area contributed by atoms with Crippen LogP contribution in [-0.2, 0) is 17.9 Å². The van der Waals surface area contributed by atoms with Crippen LogP contribution >= 0.6 is 23.6 Å². The largest absolute Gasteiger partial charge is 0.338 e. The average Bonchev–Trinajstić information content (AvgIpc) is 3.00. The number of likely N-dealkylation sites (tertiary alicyclic amines) is 1. The van der Waals surface area contributed by atoms with Crippen molar-refractivity contribution in [1.29, 1.82) is 0 Å². The lowest BCUT2D eigenvalue weighted by molar-refractivity contribution is -0.138. The molecule has 0 aromatic carbocycles. The highest BCUT2D eigenvalue weighted by molar-refractivity contribution is 7.73. The third kappa shape index (κ3) is 3.40. The van der Waals surface area contributed by atoms with Gasteiger partial charge in [-0.25, -0.2) is 4.98 Å². The molecule has 2 unspecified atom stereocenters. The van der Waals surface area contributed by atoms with E-state index < -0.39 is 0 Å². The minimum atomic E-state index is -0.190. The molecule has 1 aliphatic carbocycles. The van der Waals surface area contributed by atoms with E-state index in [0.717, 1.165) is 19.4 Å². The molecule has 8 heteroatoms. The Bertz CT molecular complexity index is 988. The molecular formula is C19H24N4O2S2. The Morgan fingerprint density at radius 3 is 2.93 bits per heavy atom. The Morgan fingerprint density at radius 1 is 1.33 bits per heavy atom. The van der Waals surface area contributed by atoms with Crippen LogP contribution in [0.1, 0.15) is 38.5 Å². The smallest absolute Gasteiger partial charge is 0.273 e. The lowest BCUT2D eigenvalue weighted by Gasteiger charge is -2.44. The Labute approximate surface area is 167 Å². The fourth-order valence-corrected chi connectivity index (χ4v) is 5.86. The average molecular weight is 405 g/mol. The molecule has 1 aliphatic heterocycles. The van der Waals surface area contributed by atoms with Gasteiger partial charge in [0.15, 0.2) is 9.60 Å². The van der Waals surface area contributed by atoms with E-state index in [-0.39, 0.29) is 18.0 Å². The van der Waals surface area contributed by atoms with Crippen molar-refractivity contribution in [2.75, 3.05) is 6.54 Å². The van der Waals surface area contributed by atoms with Crippen molar-refractivity contribution in [3.63, 3.8) is 0 Å². The number of fused-ring (bicyclic) bond motifs is 2. The molecule has 2 fully saturated rings. The summed E-state index contributed by atoms with van der Waals surface area (Å²) in [6.45, 7) is 5.10. The van der Waals surface area contributed by atoms with Gasteiger partial charge in [0.05, 0.1) is 0 Å². The molecule has 0 radical (unpaired) electrons. The second-order valence-electron chi connectivity index (χ2n) is 7.44. The molecule has 1 saturated carbocycles. The highest BCUT2D eigenvalue weighted by Gasteiger charge is 2.35. The lowest BCUT2D eigenvalue weighted by Crippen LogP contribution is -2.51. The van der Waals surface area contributed by atoms with Crippen molar-refractivity contribution in [3.05, 3.63) is 33.3 Å². The number of amides is 1. The van der Waals surface area contributed by atoms with Gasteiger partial charge in [0.25, 0.3) is 5.56 Å². The molecule has 0 N–H and O–H groups in total. The normalized spacial score (nSPS) is 22.6. The number of thiazole rings is 1. The van der Waals surface area contributed by atoms with E-state index in [1.165, 1.54) is 47.9 Å². The zero-order chi connectivity index (χ0) is 19.0. The van der Waals surface area contributed by atoms with Gasteiger partial charge in [-0.3, -0.25) is 14.2 Å². The van der Waals surface area contributed by atoms with Crippen molar-refractivity contribution in [3.8, 4) is 0 Å². The number of piperidine rings is 1. The highest BCUT2D eigenvalue weighted by atomic mass is 32.1. The number of rotatable bonds is 4. The van der Waals surface area contributed by atoms with Gasteiger partial charge in [-0.2, -0.15) is 0 Å². The van der Waals surface area contributed by atoms with Crippen LogP contribution in [0.5, 0.6) is 0 Å². The van der Waals surface area contributed by atoms with Crippen LogP contribution < -0.4 is 5.56 Å². The first-order valence-corrected chi connectivity index (χ1v) is 10.8. The summed E-state index contributed by atoms with van der Waals surface area (Å²) in [5.74, 6) is 0.663. The molecule has 4 rings (SSSR count). The van der Waals surface area contributed by atoms with Crippen LogP contribution in [0, 0.1) is 9.87 Å². The van der Waals surface area contributed by atoms with Crippen molar-refractivity contribution in [2.45, 2.75) is 57.7 Å². The zero-order valence-corrected chi connectivity index (χ0v) is 16.9. The molecule has 6 nitrogen and oxygen atoms in total. The maximum absolute atomic E-state index is 13.0. The van der Waals surface area contributed by atoms with Crippen molar-refractivity contribution in [2.24, 2.45) is 5.92 Å². The first-order valence-electron chi connectivity index (χ1n) is 9.59. The van der Waals surface area contributed by atoms with Gasteiger partial charge in [0.1, 0.15) is 17.6 Å². The first-order chi connectivity index (χ1) is 13.1. The number of allylic oxidation sites excluding steroid dienone is 1. The summed E-state index contributed by atoms with van der Waals surface area (Å²) >= 11 is 6.60. The van der Waals surface area contributed by atoms with Crippen LogP contribution in [0.25, 0.3) is 10.3 Å². The second kappa shape index (κ2) is 7.67. The summed E-state index contributed by atoms with van der Waals surface area (Å²) in [5.41, 5.74) is 0.383. The molecular weight excluding hydrogens is 380 g/mol. The summed E-state index contributed by atoms with van der Waals surface area (Å²) in [6.07, 6.45) is 10.3. The second-order valence-corrected chi connectivity index (χ2v) is 9.08. The molecule has 0 bridgehead atoms. The predicted octanol–water partition coefficient (Wildman–Crippen LogP) is 3.36. The van der Waals surface area contributed by atoms with Gasteiger partial charge < -0.3 is 9.47 Å². The van der Waals surface area contributed by atoms with E-state index in [9.17, 15) is 9.59 Å². The quantitative estimate of drug-likeness (QED) is 0.579. The van der Waals surface area contributed by atoms with E-state index in [0.29, 0.717) is 32.8 Å². The SMILES string of the molecule is C=CCn1c(=S)sc2c(=O)n(CC(=O)N3CCCC4CCCCC43)cnc21. The Hall–Kier alpha value is -1.80. The van der Waals surface area contributed by atoms with Crippen LogP contribution in [-0.4, -0.2) is 37.5 Å². The van der Waals surface area contributed by atoms with Gasteiger partial charge in [0, 0.05) is 19.1 Å². The summed E-state index contributed by atoms with van der Waals surface area (Å²) in [7, 11) is 0. The molecule has 1 saturated heterocycles. The summed E-state index contributed by atoms with van der Waals surface area (Å²) in [4.78, 5) is 32.3. The molecule has 2 aliphatic rings. The molecule has 2 aromatic heterocycles. The van der Waals surface area contributed by atoms with Gasteiger partial charge in [-0.05, 0) is 43.8 Å². The fourth-order valence-electron chi connectivity index (χ4n) is 4.55. The molecule has 3 heterocycles. The molecule has 27 heavy (non-hydrogen) atoms. The third-order valence-corrected chi connectivity index (χ3v) is 7.25. The van der Waals surface area contributed by atoms with Crippen molar-refractivity contribution >= 4 is 39.8 Å². The number of carbonyl (C=O) groups excluding carboxylic acids is 1.